The summed E-state index contributed by atoms with van der Waals surface area (Å²) in [5, 5.41) is 20.0. The number of halogens is 4. The third kappa shape index (κ3) is 5.62. The maximum absolute atomic E-state index is 13.9. The van der Waals surface area contributed by atoms with Gasteiger partial charge in [0.2, 0.25) is 0 Å². The average Bonchev–Trinajstić information content (AvgIpc) is 3.08. The Kier molecular flexibility index (Phi) is 8.11. The highest BCUT2D eigenvalue weighted by molar-refractivity contribution is 6.33. The number of hydrogen-bond donors (Lipinski definition) is 1. The van der Waals surface area contributed by atoms with E-state index in [-0.39, 0.29) is 41.6 Å². The second-order valence-electron chi connectivity index (χ2n) is 10.3. The van der Waals surface area contributed by atoms with E-state index in [9.17, 15) is 33.2 Å². The molecule has 2 aliphatic heterocycles. The monoisotopic (exact) mass is 588 g/mol. The summed E-state index contributed by atoms with van der Waals surface area (Å²) >= 11 is 6.25. The molecule has 0 radical (unpaired) electrons. The molecular weight excluding hydrogens is 561 g/mol. The van der Waals surface area contributed by atoms with Crippen molar-refractivity contribution in [3.63, 3.8) is 0 Å². The summed E-state index contributed by atoms with van der Waals surface area (Å²) in [6, 6.07) is 7.62. The number of carbonyl (C=O) groups is 2. The zero-order valence-corrected chi connectivity index (χ0v) is 23.5. The Hall–Kier alpha value is -4.01. The lowest BCUT2D eigenvalue weighted by Gasteiger charge is -2.27. The second kappa shape index (κ2) is 11.1. The molecule has 8 nitrogen and oxygen atoms in total. The van der Waals surface area contributed by atoms with Gasteiger partial charge in [0.25, 0.3) is 5.91 Å². The van der Waals surface area contributed by atoms with Crippen molar-refractivity contribution in [1.29, 1.82) is 5.26 Å². The number of imide groups is 1. The Bertz CT molecular complexity index is 1500. The highest BCUT2D eigenvalue weighted by Crippen LogP contribution is 2.39. The second-order valence-corrected chi connectivity index (χ2v) is 10.7. The molecule has 0 bridgehead atoms. The van der Waals surface area contributed by atoms with Gasteiger partial charge in [0.15, 0.2) is 0 Å². The molecule has 216 valence electrons. The SMILES string of the molecule is Cc1c(N2C(=O)N(CCCOc3ccc(C4=CC(C)N(O)C=C4)cc3C(F)(F)F)C(C)(C)C2=O)ccc(C#N)c1Cl. The molecule has 2 aliphatic rings. The molecule has 1 fully saturated rings. The van der Waals surface area contributed by atoms with Crippen LogP contribution in [-0.4, -0.2) is 51.8 Å². The molecular formula is C29H28ClF3N4O4. The van der Waals surface area contributed by atoms with Gasteiger partial charge >= 0.3 is 12.2 Å². The van der Waals surface area contributed by atoms with Crippen LogP contribution in [-0.2, 0) is 11.0 Å². The Balaban J connectivity index is 1.48. The lowest BCUT2D eigenvalue weighted by atomic mass is 9.98. The number of nitrogens with zero attached hydrogens (tertiary/aromatic N) is 4. The number of urea groups is 1. The van der Waals surface area contributed by atoms with Gasteiger partial charge in [0.05, 0.1) is 34.5 Å². The van der Waals surface area contributed by atoms with Gasteiger partial charge in [-0.05, 0) is 81.2 Å². The predicted octanol–water partition coefficient (Wildman–Crippen LogP) is 6.55. The van der Waals surface area contributed by atoms with E-state index < -0.39 is 35.3 Å². The number of allylic oxidation sites excluding steroid dienone is 2. The molecule has 4 rings (SSSR count). The molecule has 0 saturated carbocycles. The first-order valence-electron chi connectivity index (χ1n) is 12.8. The zero-order valence-electron chi connectivity index (χ0n) is 22.8. The number of ether oxygens (including phenoxy) is 1. The molecule has 0 spiro atoms. The summed E-state index contributed by atoms with van der Waals surface area (Å²) in [4.78, 5) is 28.9. The number of hydrogen-bond acceptors (Lipinski definition) is 6. The molecule has 3 amide bonds. The number of alkyl halides is 3. The van der Waals surface area contributed by atoms with Crippen LogP contribution >= 0.6 is 11.6 Å². The van der Waals surface area contributed by atoms with E-state index in [0.717, 1.165) is 16.0 Å². The number of nitriles is 1. The fourth-order valence-corrected chi connectivity index (χ4v) is 4.97. The number of hydroxylamine groups is 2. The fourth-order valence-electron chi connectivity index (χ4n) is 4.77. The van der Waals surface area contributed by atoms with Gasteiger partial charge < -0.3 is 9.64 Å². The van der Waals surface area contributed by atoms with Crippen LogP contribution in [0.15, 0.2) is 48.7 Å². The number of rotatable bonds is 7. The quantitative estimate of drug-likeness (QED) is 0.291. The average molecular weight is 589 g/mol. The van der Waals surface area contributed by atoms with E-state index >= 15 is 0 Å². The lowest BCUT2D eigenvalue weighted by Crippen LogP contribution is -2.44. The highest BCUT2D eigenvalue weighted by Gasteiger charge is 2.52. The van der Waals surface area contributed by atoms with Crippen LogP contribution < -0.4 is 9.64 Å². The smallest absolute Gasteiger partial charge is 0.419 e. The molecule has 2 heterocycles. The molecule has 12 heteroatoms. The van der Waals surface area contributed by atoms with Crippen LogP contribution in [0.4, 0.5) is 23.7 Å². The third-order valence-electron chi connectivity index (χ3n) is 7.19. The van der Waals surface area contributed by atoms with Crippen LogP contribution in [0.25, 0.3) is 5.57 Å². The minimum absolute atomic E-state index is 0.0454. The topological polar surface area (TPSA) is 97.1 Å². The summed E-state index contributed by atoms with van der Waals surface area (Å²) in [5.41, 5.74) is -0.454. The summed E-state index contributed by atoms with van der Waals surface area (Å²) in [6.45, 7) is 6.38. The molecule has 1 saturated heterocycles. The van der Waals surface area contributed by atoms with Crippen molar-refractivity contribution in [3.8, 4) is 11.8 Å². The summed E-state index contributed by atoms with van der Waals surface area (Å²) in [6.07, 6.45) is 0.00651. The van der Waals surface area contributed by atoms with Crippen molar-refractivity contribution < 1.29 is 32.7 Å². The van der Waals surface area contributed by atoms with E-state index in [1.54, 1.807) is 33.8 Å². The molecule has 1 N–H and O–H groups in total. The van der Waals surface area contributed by atoms with Gasteiger partial charge in [0.1, 0.15) is 17.4 Å². The summed E-state index contributed by atoms with van der Waals surface area (Å²) < 4.78 is 47.2. The predicted molar refractivity (Wildman–Crippen MR) is 146 cm³/mol. The minimum atomic E-state index is -4.68. The molecule has 2 aromatic carbocycles. The van der Waals surface area contributed by atoms with Crippen LogP contribution in [0.3, 0.4) is 0 Å². The number of carbonyl (C=O) groups excluding carboxylic acids is 2. The molecule has 41 heavy (non-hydrogen) atoms. The molecule has 1 unspecified atom stereocenters. The first kappa shape index (κ1) is 30.0. The largest absolute Gasteiger partial charge is 0.493 e. The van der Waals surface area contributed by atoms with Gasteiger partial charge in [-0.25, -0.2) is 9.69 Å². The van der Waals surface area contributed by atoms with E-state index in [4.69, 9.17) is 16.3 Å². The normalized spacial score (nSPS) is 18.6. The molecule has 0 aliphatic carbocycles. The molecule has 0 aromatic heterocycles. The van der Waals surface area contributed by atoms with Crippen LogP contribution in [0, 0.1) is 18.3 Å². The Morgan fingerprint density at radius 1 is 1.20 bits per heavy atom. The van der Waals surface area contributed by atoms with Gasteiger partial charge in [-0.2, -0.15) is 18.4 Å². The maximum atomic E-state index is 13.9. The van der Waals surface area contributed by atoms with Crippen molar-refractivity contribution in [2.45, 2.75) is 51.9 Å². The molecule has 1 atom stereocenters. The van der Waals surface area contributed by atoms with Crippen molar-refractivity contribution >= 4 is 34.8 Å². The van der Waals surface area contributed by atoms with Crippen LogP contribution in [0.1, 0.15) is 49.4 Å². The maximum Gasteiger partial charge on any atom is 0.419 e. The lowest BCUT2D eigenvalue weighted by molar-refractivity contribution is -0.139. The minimum Gasteiger partial charge on any atom is -0.493 e. The van der Waals surface area contributed by atoms with E-state index in [2.05, 4.69) is 0 Å². The summed E-state index contributed by atoms with van der Waals surface area (Å²) in [7, 11) is 0. The van der Waals surface area contributed by atoms with Crippen molar-refractivity contribution in [1.82, 2.24) is 9.96 Å². The number of amides is 3. The zero-order chi connectivity index (χ0) is 30.3. The van der Waals surface area contributed by atoms with Gasteiger partial charge in [0, 0.05) is 12.7 Å². The van der Waals surface area contributed by atoms with Gasteiger partial charge in [-0.15, -0.1) is 0 Å². The standard InChI is InChI=1S/C29H28ClF3N4O4/c1-17-14-20(10-12-36(17)40)19-7-9-24(22(15-19)29(31,32)33)41-13-5-11-35-27(39)37(26(38)28(35,3)4)23-8-6-21(16-34)25(30)18(23)2/h6-10,12,14-15,17,40H,5,11,13H2,1-4H3. The van der Waals surface area contributed by atoms with E-state index in [1.165, 1.54) is 41.4 Å². The van der Waals surface area contributed by atoms with Gasteiger partial charge in [-0.3, -0.25) is 15.1 Å². The summed E-state index contributed by atoms with van der Waals surface area (Å²) in [5.74, 6) is -0.849. The van der Waals surface area contributed by atoms with Crippen molar-refractivity contribution in [2.75, 3.05) is 18.1 Å². The fraction of sp³-hybridized carbons (Fsp3) is 0.345. The van der Waals surface area contributed by atoms with Gasteiger partial charge in [-0.1, -0.05) is 23.7 Å². The number of benzene rings is 2. The van der Waals surface area contributed by atoms with Crippen molar-refractivity contribution in [3.05, 3.63) is 76.0 Å². The Morgan fingerprint density at radius 2 is 1.90 bits per heavy atom. The number of anilines is 1. The first-order chi connectivity index (χ1) is 19.2. The van der Waals surface area contributed by atoms with Crippen molar-refractivity contribution in [2.24, 2.45) is 0 Å². The highest BCUT2D eigenvalue weighted by atomic mass is 35.5. The van der Waals surface area contributed by atoms with E-state index in [0.29, 0.717) is 16.7 Å². The first-order valence-corrected chi connectivity index (χ1v) is 13.1. The Labute approximate surface area is 240 Å². The Morgan fingerprint density at radius 3 is 2.54 bits per heavy atom. The van der Waals surface area contributed by atoms with Crippen LogP contribution in [0.2, 0.25) is 5.02 Å². The third-order valence-corrected chi connectivity index (χ3v) is 7.68. The van der Waals surface area contributed by atoms with Crippen LogP contribution in [0.5, 0.6) is 5.75 Å². The molecule has 2 aromatic rings. The van der Waals surface area contributed by atoms with E-state index in [1.807, 2.05) is 6.07 Å².